The molecule has 100 heavy (non-hydrogen) atoms. The summed E-state index contributed by atoms with van der Waals surface area (Å²) in [5.41, 5.74) is 10.8. The van der Waals surface area contributed by atoms with Gasteiger partial charge in [-0.3, -0.25) is 19.2 Å². The molecule has 4 amide bonds. The van der Waals surface area contributed by atoms with Crippen molar-refractivity contribution < 1.29 is 48.8 Å². The van der Waals surface area contributed by atoms with Gasteiger partial charge in [-0.2, -0.15) is 0 Å². The molecule has 0 unspecified atom stereocenters. The number of aromatic nitrogens is 1. The average Bonchev–Trinajstić information content (AvgIpc) is 1.27. The molecule has 0 saturated carbocycles. The summed E-state index contributed by atoms with van der Waals surface area (Å²) in [6, 6.07) is 38.8. The fraction of sp³-hybridized carbons (Fsp3) is 0.500. The molecule has 5 fully saturated rings. The van der Waals surface area contributed by atoms with E-state index in [-0.39, 0.29) is 35.5 Å². The standard InChI is InChI=1S/C15H19N3O2.C15H21N3O.C14H17FN2O2S.C14H19N3O3S.C14H21N3O2S/c1-11(19)17-8-6-12(7-9-17)18-10-15(20)16-13-4-2-3-5-14(13)18;1-12(19)17-9-6-13(7-10-17)18-11-8-16-14-4-2-3-5-15(14)18;1-20(18,19)17-6-4-10(5-7-17)13-9-16-14-8-11(15)2-3-12(13)14;1-21(19,20)16-8-6-11(7-9-16)17-10-14(18)15-12-4-2-3-5-13(12)17;1-20(18,19)16-9-6-12(7-10-16)17-11-8-15-13-4-2-3-5-14(13)17/h2-5,12H,6-10H2,1H3,(H,16,20);2-5,13,16H,6-11H2,1H3;2-3,8-10,16H,4-7H2,1H3;2-5,11H,6-10H2,1H3,(H,15,18);2-5,12,15H,6-11H2,1H3. The number of nitrogens with zero attached hydrogens (tertiary/aromatic N) is 9. The maximum Gasteiger partial charge on any atom is 0.243 e. The first-order valence-electron chi connectivity index (χ1n) is 35.0. The van der Waals surface area contributed by atoms with Crippen LogP contribution < -0.4 is 40.9 Å². The first-order valence-corrected chi connectivity index (χ1v) is 40.5. The van der Waals surface area contributed by atoms with E-state index in [0.717, 1.165) is 156 Å². The molecule has 0 bridgehead atoms. The number of piperidine rings is 5. The van der Waals surface area contributed by atoms with Crippen LogP contribution in [0.1, 0.15) is 89.5 Å². The summed E-state index contributed by atoms with van der Waals surface area (Å²) in [6.45, 7) is 14.8. The molecular formula is C72H97FN14O10S3. The lowest BCUT2D eigenvalue weighted by atomic mass is 9.90. The second kappa shape index (κ2) is 32.3. The quantitative estimate of drug-likeness (QED) is 0.0965. The van der Waals surface area contributed by atoms with E-state index in [1.807, 2.05) is 70.6 Å². The number of sulfonamides is 3. The Morgan fingerprint density at radius 3 is 1.12 bits per heavy atom. The molecule has 28 heteroatoms. The van der Waals surface area contributed by atoms with E-state index in [1.165, 1.54) is 62.3 Å². The zero-order chi connectivity index (χ0) is 70.9. The van der Waals surface area contributed by atoms with Gasteiger partial charge in [-0.1, -0.05) is 48.5 Å². The summed E-state index contributed by atoms with van der Waals surface area (Å²) in [4.78, 5) is 62.6. The zero-order valence-electron chi connectivity index (χ0n) is 58.0. The molecule has 9 aliphatic rings. The second-order valence-corrected chi connectivity index (χ2v) is 33.2. The Balaban J connectivity index is 0.000000126. The number of H-pyrrole nitrogens is 1. The number of para-hydroxylation sites is 8. The van der Waals surface area contributed by atoms with Crippen LogP contribution in [0.15, 0.2) is 121 Å². The second-order valence-electron chi connectivity index (χ2n) is 27.3. The number of aromatic amines is 1. The summed E-state index contributed by atoms with van der Waals surface area (Å²) in [5, 5.41) is 13.7. The molecule has 1 aromatic heterocycles. The van der Waals surface area contributed by atoms with Crippen LogP contribution in [0, 0.1) is 5.82 Å². The molecule has 15 rings (SSSR count). The van der Waals surface area contributed by atoms with E-state index in [2.05, 4.69) is 88.3 Å². The average molecular weight is 1430 g/mol. The van der Waals surface area contributed by atoms with Gasteiger partial charge < -0.3 is 55.7 Å². The lowest BCUT2D eigenvalue weighted by Gasteiger charge is -2.42. The number of anilines is 8. The number of carbonyl (C=O) groups is 4. The maximum absolute atomic E-state index is 13.2. The first-order chi connectivity index (χ1) is 47.9. The molecular weight excluding hydrogens is 1340 g/mol. The summed E-state index contributed by atoms with van der Waals surface area (Å²) >= 11 is 0. The predicted molar refractivity (Wildman–Crippen MR) is 395 cm³/mol. The van der Waals surface area contributed by atoms with E-state index in [9.17, 15) is 48.8 Å². The number of hydrogen-bond acceptors (Lipinski definition) is 16. The van der Waals surface area contributed by atoms with E-state index in [1.54, 1.807) is 24.2 Å². The molecule has 10 heterocycles. The van der Waals surface area contributed by atoms with Gasteiger partial charge in [0.05, 0.1) is 77.4 Å². The van der Waals surface area contributed by atoms with Gasteiger partial charge in [0, 0.05) is 147 Å². The van der Waals surface area contributed by atoms with Gasteiger partial charge in [0.25, 0.3) is 0 Å². The number of benzene rings is 5. The summed E-state index contributed by atoms with van der Waals surface area (Å²) in [7, 11) is -9.24. The Hall–Kier alpha value is -8.02. The largest absolute Gasteiger partial charge is 0.382 e. The maximum atomic E-state index is 13.2. The van der Waals surface area contributed by atoms with E-state index < -0.39 is 30.1 Å². The SMILES string of the molecule is CC(=O)N1CCC(N2CC(=O)Nc3ccccc32)CC1.CC(=O)N1CCC(N2CCNc3ccccc32)CC1.CS(=O)(=O)N1CCC(N2CC(=O)Nc3ccccc32)CC1.CS(=O)(=O)N1CCC(N2CCNc3ccccc32)CC1.CS(=O)(=O)N1CCC(c2c[nH]c3cc(F)ccc23)CC1. The number of carbonyl (C=O) groups excluding carboxylic acids is 4. The van der Waals surface area contributed by atoms with Gasteiger partial charge in [0.15, 0.2) is 0 Å². The minimum absolute atomic E-state index is 0.0146. The molecule has 540 valence electrons. The number of rotatable bonds is 8. The molecule has 6 aromatic rings. The number of nitrogens with one attached hydrogen (secondary N) is 5. The van der Waals surface area contributed by atoms with Crippen molar-refractivity contribution >= 4 is 110 Å². The summed E-state index contributed by atoms with van der Waals surface area (Å²) in [5.74, 6) is 0.446. The minimum atomic E-state index is -3.12. The van der Waals surface area contributed by atoms with Gasteiger partial charge in [-0.15, -0.1) is 0 Å². The molecule has 0 spiro atoms. The smallest absolute Gasteiger partial charge is 0.243 e. The number of halogens is 1. The van der Waals surface area contributed by atoms with E-state index in [0.29, 0.717) is 76.4 Å². The number of amides is 4. The first kappa shape index (κ1) is 73.2. The summed E-state index contributed by atoms with van der Waals surface area (Å²) < 4.78 is 87.1. The Kier molecular flexibility index (Phi) is 23.7. The Bertz CT molecular complexity index is 4200. The lowest BCUT2D eigenvalue weighted by molar-refractivity contribution is -0.130. The van der Waals surface area contributed by atoms with Crippen LogP contribution in [-0.4, -0.2) is 224 Å². The molecule has 5 N–H and O–H groups in total. The van der Waals surface area contributed by atoms with Crippen LogP contribution in [0.25, 0.3) is 10.9 Å². The van der Waals surface area contributed by atoms with Crippen molar-refractivity contribution in [2.45, 2.75) is 108 Å². The molecule has 0 atom stereocenters. The highest BCUT2D eigenvalue weighted by molar-refractivity contribution is 7.88. The van der Waals surface area contributed by atoms with Crippen molar-refractivity contribution in [1.82, 2.24) is 27.7 Å². The molecule has 24 nitrogen and oxygen atoms in total. The monoisotopic (exact) mass is 1430 g/mol. The Morgan fingerprint density at radius 2 is 0.750 bits per heavy atom. The topological polar surface area (TPSA) is 264 Å². The number of fused-ring (bicyclic) bond motifs is 5. The van der Waals surface area contributed by atoms with Crippen molar-refractivity contribution in [1.29, 1.82) is 0 Å². The molecule has 5 aromatic carbocycles. The fourth-order valence-corrected chi connectivity index (χ4v) is 18.1. The highest BCUT2D eigenvalue weighted by Crippen LogP contribution is 2.39. The van der Waals surface area contributed by atoms with Crippen LogP contribution in [0.4, 0.5) is 49.9 Å². The Morgan fingerprint density at radius 1 is 0.420 bits per heavy atom. The Labute approximate surface area is 588 Å². The third kappa shape index (κ3) is 18.2. The molecule has 5 saturated heterocycles. The van der Waals surface area contributed by atoms with Crippen LogP contribution in [0.2, 0.25) is 0 Å². The van der Waals surface area contributed by atoms with E-state index in [4.69, 9.17) is 0 Å². The highest BCUT2D eigenvalue weighted by atomic mass is 32.2. The van der Waals surface area contributed by atoms with E-state index >= 15 is 0 Å². The van der Waals surface area contributed by atoms with Crippen LogP contribution in [0.5, 0.6) is 0 Å². The molecule has 0 radical (unpaired) electrons. The van der Waals surface area contributed by atoms with Crippen molar-refractivity contribution in [3.05, 3.63) is 133 Å². The predicted octanol–water partition coefficient (Wildman–Crippen LogP) is 8.04. The van der Waals surface area contributed by atoms with Crippen LogP contribution >= 0.6 is 0 Å². The van der Waals surface area contributed by atoms with Crippen molar-refractivity contribution in [3.8, 4) is 0 Å². The minimum Gasteiger partial charge on any atom is -0.382 e. The van der Waals surface area contributed by atoms with Crippen LogP contribution in [-0.2, 0) is 49.2 Å². The van der Waals surface area contributed by atoms with Crippen molar-refractivity contribution in [2.24, 2.45) is 0 Å². The van der Waals surface area contributed by atoms with Gasteiger partial charge in [0.1, 0.15) is 5.82 Å². The van der Waals surface area contributed by atoms with Gasteiger partial charge in [-0.05, 0) is 142 Å². The number of hydrogen-bond donors (Lipinski definition) is 5. The lowest BCUT2D eigenvalue weighted by Crippen LogP contribution is -2.50. The normalized spacial score (nSPS) is 20.1. The van der Waals surface area contributed by atoms with Crippen molar-refractivity contribution in [3.63, 3.8) is 0 Å². The summed E-state index contributed by atoms with van der Waals surface area (Å²) in [6.07, 6.45) is 14.6. The van der Waals surface area contributed by atoms with Crippen LogP contribution in [0.3, 0.4) is 0 Å². The van der Waals surface area contributed by atoms with Gasteiger partial charge in [0.2, 0.25) is 53.7 Å². The van der Waals surface area contributed by atoms with Gasteiger partial charge in [-0.25, -0.2) is 42.6 Å². The third-order valence-electron chi connectivity index (χ3n) is 20.8. The molecule has 9 aliphatic heterocycles. The van der Waals surface area contributed by atoms with Gasteiger partial charge >= 0.3 is 0 Å². The molecule has 0 aliphatic carbocycles. The highest BCUT2D eigenvalue weighted by Gasteiger charge is 2.36. The third-order valence-corrected chi connectivity index (χ3v) is 24.7. The number of likely N-dealkylation sites (tertiary alicyclic amines) is 2. The zero-order valence-corrected chi connectivity index (χ0v) is 60.5. The van der Waals surface area contributed by atoms with Crippen molar-refractivity contribution in [2.75, 3.05) is 164 Å². The fourth-order valence-electron chi connectivity index (χ4n) is 15.5.